The Labute approximate surface area is 142 Å². The zero-order valence-electron chi connectivity index (χ0n) is 14.4. The molecule has 1 aromatic carbocycles. The van der Waals surface area contributed by atoms with Crippen molar-refractivity contribution in [2.45, 2.75) is 13.0 Å². The summed E-state index contributed by atoms with van der Waals surface area (Å²) < 4.78 is 5.31. The monoisotopic (exact) mass is 325 g/mol. The first-order valence-electron chi connectivity index (χ1n) is 8.36. The number of anilines is 3. The molecule has 1 fully saturated rings. The highest BCUT2D eigenvalue weighted by atomic mass is 16.5. The number of benzene rings is 1. The predicted octanol–water partition coefficient (Wildman–Crippen LogP) is 2.33. The minimum absolute atomic E-state index is 0.0365. The van der Waals surface area contributed by atoms with E-state index in [1.54, 1.807) is 7.11 Å². The summed E-state index contributed by atoms with van der Waals surface area (Å²) in [6, 6.07) is 6.45. The van der Waals surface area contributed by atoms with E-state index in [4.69, 9.17) is 4.74 Å². The average Bonchev–Trinajstić information content (AvgIpc) is 3.28. The number of fused-ring (bicyclic) bond motifs is 1. The van der Waals surface area contributed by atoms with Gasteiger partial charge in [-0.1, -0.05) is 0 Å². The second-order valence-electron chi connectivity index (χ2n) is 6.57. The van der Waals surface area contributed by atoms with Crippen molar-refractivity contribution < 1.29 is 4.74 Å². The molecule has 1 aliphatic carbocycles. The molecule has 1 atom stereocenters. The minimum Gasteiger partial charge on any atom is -0.370 e. The van der Waals surface area contributed by atoms with Crippen molar-refractivity contribution in [3.05, 3.63) is 41.2 Å². The first-order chi connectivity index (χ1) is 11.7. The molecule has 24 heavy (non-hydrogen) atoms. The van der Waals surface area contributed by atoms with Crippen molar-refractivity contribution >= 4 is 17.3 Å². The number of rotatable bonds is 4. The number of nitrogens with zero attached hydrogens (tertiary/aromatic N) is 4. The highest BCUT2D eigenvalue weighted by Gasteiger charge is 2.35. The number of ether oxygens (including phenoxy) is 1. The lowest BCUT2D eigenvalue weighted by atomic mass is 10.1. The molecule has 6 nitrogen and oxygen atoms in total. The van der Waals surface area contributed by atoms with Gasteiger partial charge in [-0.15, -0.1) is 0 Å². The molecule has 1 unspecified atom stereocenters. The summed E-state index contributed by atoms with van der Waals surface area (Å²) in [5.74, 6) is 0.625. The Morgan fingerprint density at radius 3 is 2.71 bits per heavy atom. The van der Waals surface area contributed by atoms with Crippen LogP contribution in [0, 0.1) is 6.92 Å². The van der Waals surface area contributed by atoms with E-state index in [-0.39, 0.29) is 6.10 Å². The Balaban J connectivity index is 1.47. The number of piperazine rings is 1. The lowest BCUT2D eigenvalue weighted by molar-refractivity contribution is 0.170. The molecule has 0 saturated carbocycles. The second kappa shape index (κ2) is 6.03. The number of hydrogen-bond donors (Lipinski definition) is 1. The van der Waals surface area contributed by atoms with E-state index < -0.39 is 0 Å². The van der Waals surface area contributed by atoms with Crippen molar-refractivity contribution in [2.24, 2.45) is 0 Å². The fourth-order valence-corrected chi connectivity index (χ4v) is 3.30. The van der Waals surface area contributed by atoms with Gasteiger partial charge in [0.25, 0.3) is 0 Å². The van der Waals surface area contributed by atoms with Crippen LogP contribution < -0.4 is 10.2 Å². The topological polar surface area (TPSA) is 53.5 Å². The van der Waals surface area contributed by atoms with Gasteiger partial charge < -0.3 is 19.9 Å². The third kappa shape index (κ3) is 2.83. The van der Waals surface area contributed by atoms with E-state index in [0.717, 1.165) is 43.1 Å². The van der Waals surface area contributed by atoms with Gasteiger partial charge in [0.2, 0.25) is 5.95 Å². The van der Waals surface area contributed by atoms with Gasteiger partial charge in [0.1, 0.15) is 6.10 Å². The van der Waals surface area contributed by atoms with Crippen LogP contribution >= 0.6 is 0 Å². The predicted molar refractivity (Wildman–Crippen MR) is 95.1 cm³/mol. The van der Waals surface area contributed by atoms with Gasteiger partial charge in [-0.05, 0) is 37.7 Å². The summed E-state index contributed by atoms with van der Waals surface area (Å²) in [5, 5.41) is 3.30. The number of aryl methyl sites for hydroxylation is 1. The standard InChI is InChI=1S/C18H23N5O/c1-12-10-13(4-5-15(12)23-8-6-22(2)7-9-23)20-18-19-11-14-16(21-18)17(14)24-3/h4-5,10-11,17H,6-9H2,1-3H3,(H,19,20,21). The van der Waals surface area contributed by atoms with Crippen molar-refractivity contribution in [3.63, 3.8) is 0 Å². The quantitative estimate of drug-likeness (QED) is 0.931. The molecule has 0 radical (unpaired) electrons. The number of aromatic nitrogens is 2. The number of nitrogens with one attached hydrogen (secondary N) is 1. The first kappa shape index (κ1) is 15.4. The molecule has 1 aromatic heterocycles. The summed E-state index contributed by atoms with van der Waals surface area (Å²) in [4.78, 5) is 13.7. The van der Waals surface area contributed by atoms with Crippen LogP contribution in [-0.2, 0) is 4.74 Å². The molecule has 1 saturated heterocycles. The third-order valence-electron chi connectivity index (χ3n) is 4.83. The zero-order chi connectivity index (χ0) is 16.7. The molecule has 126 valence electrons. The molecular weight excluding hydrogens is 302 g/mol. The smallest absolute Gasteiger partial charge is 0.227 e. The summed E-state index contributed by atoms with van der Waals surface area (Å²) in [5.41, 5.74) is 5.67. The molecule has 1 aliphatic heterocycles. The number of methoxy groups -OCH3 is 1. The van der Waals surface area contributed by atoms with Crippen molar-refractivity contribution in [1.82, 2.24) is 14.9 Å². The maximum absolute atomic E-state index is 5.31. The molecule has 6 heteroatoms. The molecule has 0 spiro atoms. The molecule has 0 amide bonds. The van der Waals surface area contributed by atoms with Crippen molar-refractivity contribution in [1.29, 1.82) is 0 Å². The Bertz CT molecular complexity index is 755. The van der Waals surface area contributed by atoms with Gasteiger partial charge in [0, 0.05) is 56.4 Å². The fourth-order valence-electron chi connectivity index (χ4n) is 3.30. The van der Waals surface area contributed by atoms with Crippen LogP contribution in [-0.4, -0.2) is 55.2 Å². The second-order valence-corrected chi connectivity index (χ2v) is 6.57. The highest BCUT2D eigenvalue weighted by Crippen LogP contribution is 2.41. The van der Waals surface area contributed by atoms with Gasteiger partial charge in [-0.3, -0.25) is 0 Å². The minimum atomic E-state index is 0.0365. The summed E-state index contributed by atoms with van der Waals surface area (Å²) >= 11 is 0. The Kier molecular flexibility index (Phi) is 3.86. The highest BCUT2D eigenvalue weighted by molar-refractivity contribution is 5.64. The van der Waals surface area contributed by atoms with Crippen LogP contribution in [0.1, 0.15) is 22.9 Å². The maximum Gasteiger partial charge on any atom is 0.227 e. The molecule has 4 rings (SSSR count). The van der Waals surface area contributed by atoms with Crippen LogP contribution in [0.3, 0.4) is 0 Å². The van der Waals surface area contributed by atoms with Crippen LogP contribution in [0.2, 0.25) is 0 Å². The average molecular weight is 325 g/mol. The molecule has 2 aliphatic rings. The van der Waals surface area contributed by atoms with Crippen molar-refractivity contribution in [2.75, 3.05) is 50.6 Å². The van der Waals surface area contributed by atoms with E-state index in [1.807, 2.05) is 6.20 Å². The van der Waals surface area contributed by atoms with Gasteiger partial charge in [0.15, 0.2) is 0 Å². The van der Waals surface area contributed by atoms with E-state index in [1.165, 1.54) is 11.3 Å². The van der Waals surface area contributed by atoms with Gasteiger partial charge >= 0.3 is 0 Å². The Morgan fingerprint density at radius 2 is 2.00 bits per heavy atom. The summed E-state index contributed by atoms with van der Waals surface area (Å²) in [6.45, 7) is 6.55. The van der Waals surface area contributed by atoms with Crippen LogP contribution in [0.4, 0.5) is 17.3 Å². The maximum atomic E-state index is 5.31. The van der Waals surface area contributed by atoms with Gasteiger partial charge in [-0.2, -0.15) is 0 Å². The van der Waals surface area contributed by atoms with E-state index in [9.17, 15) is 0 Å². The lowest BCUT2D eigenvalue weighted by Gasteiger charge is -2.35. The molecule has 2 heterocycles. The third-order valence-corrected chi connectivity index (χ3v) is 4.83. The Morgan fingerprint density at radius 1 is 1.21 bits per heavy atom. The van der Waals surface area contributed by atoms with Gasteiger partial charge in [0.05, 0.1) is 5.69 Å². The Hall–Kier alpha value is -2.18. The first-order valence-corrected chi connectivity index (χ1v) is 8.36. The normalized spacial score (nSPS) is 20.0. The molecule has 1 N–H and O–H groups in total. The van der Waals surface area contributed by atoms with Gasteiger partial charge in [-0.25, -0.2) is 9.97 Å². The summed E-state index contributed by atoms with van der Waals surface area (Å²) in [6.07, 6.45) is 1.87. The van der Waals surface area contributed by atoms with E-state index in [2.05, 4.69) is 57.3 Å². The molecular formula is C18H23N5O. The molecule has 0 bridgehead atoms. The van der Waals surface area contributed by atoms with Crippen LogP contribution in [0.25, 0.3) is 0 Å². The zero-order valence-corrected chi connectivity index (χ0v) is 14.4. The van der Waals surface area contributed by atoms with E-state index >= 15 is 0 Å². The largest absolute Gasteiger partial charge is 0.370 e. The number of hydrogen-bond acceptors (Lipinski definition) is 6. The van der Waals surface area contributed by atoms with Crippen molar-refractivity contribution in [3.8, 4) is 0 Å². The van der Waals surface area contributed by atoms with Crippen LogP contribution in [0.5, 0.6) is 0 Å². The fraction of sp³-hybridized carbons (Fsp3) is 0.444. The van der Waals surface area contributed by atoms with E-state index in [0.29, 0.717) is 5.95 Å². The lowest BCUT2D eigenvalue weighted by Crippen LogP contribution is -2.44. The summed E-state index contributed by atoms with van der Waals surface area (Å²) in [7, 11) is 3.87. The SMILES string of the molecule is COC1c2cnc(Nc3ccc(N4CCN(C)CC4)c(C)c3)nc21. The van der Waals surface area contributed by atoms with Crippen LogP contribution in [0.15, 0.2) is 24.4 Å². The molecule has 2 aromatic rings. The number of likely N-dealkylation sites (N-methyl/N-ethyl adjacent to an activating group) is 1.